The van der Waals surface area contributed by atoms with E-state index in [4.69, 9.17) is 9.47 Å². The van der Waals surface area contributed by atoms with Gasteiger partial charge >= 0.3 is 0 Å². The molecule has 1 aliphatic rings. The van der Waals surface area contributed by atoms with Crippen LogP contribution in [0.1, 0.15) is 6.42 Å². The molecule has 2 aromatic carbocycles. The van der Waals surface area contributed by atoms with Crippen LogP contribution in [0.5, 0.6) is 0 Å². The summed E-state index contributed by atoms with van der Waals surface area (Å²) in [5.41, 5.74) is 0. The third-order valence-electron chi connectivity index (χ3n) is 3.39. The molecule has 0 unspecified atom stereocenters. The Morgan fingerprint density at radius 1 is 0.800 bits per heavy atom. The van der Waals surface area contributed by atoms with Gasteiger partial charge in [0.2, 0.25) is 6.03 Å². The van der Waals surface area contributed by atoms with Gasteiger partial charge in [-0.05, 0) is 6.42 Å². The Bertz CT molecular complexity index is 548. The zero-order chi connectivity index (χ0) is 13.8. The lowest BCUT2D eigenvalue weighted by atomic mass is 10.4. The Hall–Kier alpha value is -1.41. The third-order valence-corrected chi connectivity index (χ3v) is 6.41. The fourth-order valence-electron chi connectivity index (χ4n) is 2.38. The third kappa shape index (κ3) is 2.45. The van der Waals surface area contributed by atoms with E-state index in [2.05, 4.69) is 0 Å². The fraction of sp³-hybridized carbons (Fsp3) is 0.250. The van der Waals surface area contributed by atoms with E-state index in [9.17, 15) is 4.57 Å². The summed E-state index contributed by atoms with van der Waals surface area (Å²) in [4.78, 5) is 0. The van der Waals surface area contributed by atoms with Crippen molar-refractivity contribution in [1.29, 1.82) is 0 Å². The molecule has 0 aliphatic carbocycles. The molecule has 0 atom stereocenters. The summed E-state index contributed by atoms with van der Waals surface area (Å²) in [6, 6.07) is 18.3. The first-order chi connectivity index (χ1) is 9.82. The van der Waals surface area contributed by atoms with Gasteiger partial charge in [-0.2, -0.15) is 0 Å². The van der Waals surface area contributed by atoms with Crippen LogP contribution in [0.25, 0.3) is 0 Å². The standard InChI is InChI=1S/C16H17O3P/c17-20(14-8-3-1-4-9-14,15-10-5-2-6-11-15)16-18-12-7-13-19-16/h1-6,8-11,16H,7,12-13H2. The predicted molar refractivity (Wildman–Crippen MR) is 80.1 cm³/mol. The molecule has 0 saturated carbocycles. The molecule has 20 heavy (non-hydrogen) atoms. The zero-order valence-corrected chi connectivity index (χ0v) is 12.0. The van der Waals surface area contributed by atoms with Gasteiger partial charge in [-0.1, -0.05) is 60.7 Å². The van der Waals surface area contributed by atoms with E-state index < -0.39 is 13.2 Å². The molecule has 0 aromatic heterocycles. The van der Waals surface area contributed by atoms with Gasteiger partial charge in [0.05, 0.1) is 13.2 Å². The number of ether oxygens (including phenoxy) is 2. The van der Waals surface area contributed by atoms with E-state index in [0.29, 0.717) is 13.2 Å². The van der Waals surface area contributed by atoms with E-state index in [1.165, 1.54) is 0 Å². The molecule has 0 bridgehead atoms. The first kappa shape index (κ1) is 13.6. The molecule has 3 rings (SSSR count). The minimum absolute atomic E-state index is 0.592. The molecule has 1 heterocycles. The van der Waals surface area contributed by atoms with Crippen molar-refractivity contribution in [3.8, 4) is 0 Å². The Balaban J connectivity index is 2.10. The van der Waals surface area contributed by atoms with Crippen LogP contribution in [-0.2, 0) is 14.0 Å². The minimum Gasteiger partial charge on any atom is -0.346 e. The summed E-state index contributed by atoms with van der Waals surface area (Å²) in [6.45, 7) is 1.18. The first-order valence-corrected chi connectivity index (χ1v) is 8.53. The largest absolute Gasteiger partial charge is 0.346 e. The normalized spacial score (nSPS) is 17.0. The van der Waals surface area contributed by atoms with Gasteiger partial charge in [0.25, 0.3) is 0 Å². The molecular formula is C16H17O3P. The van der Waals surface area contributed by atoms with Crippen LogP contribution in [-0.4, -0.2) is 19.2 Å². The van der Waals surface area contributed by atoms with Gasteiger partial charge in [-0.3, -0.25) is 0 Å². The monoisotopic (exact) mass is 288 g/mol. The summed E-state index contributed by atoms with van der Waals surface area (Å²) >= 11 is 0. The average molecular weight is 288 g/mol. The lowest BCUT2D eigenvalue weighted by molar-refractivity contribution is -0.128. The molecule has 3 nitrogen and oxygen atoms in total. The molecule has 0 N–H and O–H groups in total. The quantitative estimate of drug-likeness (QED) is 0.815. The van der Waals surface area contributed by atoms with E-state index in [0.717, 1.165) is 17.0 Å². The maximum atomic E-state index is 13.7. The van der Waals surface area contributed by atoms with Crippen LogP contribution in [0.3, 0.4) is 0 Å². The Morgan fingerprint density at radius 2 is 1.25 bits per heavy atom. The van der Waals surface area contributed by atoms with Crippen molar-refractivity contribution in [2.45, 2.75) is 12.5 Å². The Labute approximate surface area is 118 Å². The van der Waals surface area contributed by atoms with Gasteiger partial charge in [0.1, 0.15) is 0 Å². The predicted octanol–water partition coefficient (Wildman–Crippen LogP) is 2.72. The number of hydrogen-bond donors (Lipinski definition) is 0. The van der Waals surface area contributed by atoms with Crippen molar-refractivity contribution >= 4 is 17.8 Å². The fourth-order valence-corrected chi connectivity index (χ4v) is 5.02. The molecule has 104 valence electrons. The highest BCUT2D eigenvalue weighted by molar-refractivity contribution is 7.79. The summed E-state index contributed by atoms with van der Waals surface area (Å²) in [6.07, 6.45) is 0.847. The first-order valence-electron chi connectivity index (χ1n) is 6.76. The van der Waals surface area contributed by atoms with Crippen molar-refractivity contribution < 1.29 is 14.0 Å². The van der Waals surface area contributed by atoms with E-state index in [1.54, 1.807) is 0 Å². The second kappa shape index (κ2) is 5.92. The maximum absolute atomic E-state index is 13.7. The van der Waals surface area contributed by atoms with Crippen molar-refractivity contribution in [3.63, 3.8) is 0 Å². The van der Waals surface area contributed by atoms with Gasteiger partial charge in [0, 0.05) is 10.6 Å². The Morgan fingerprint density at radius 3 is 1.70 bits per heavy atom. The molecule has 2 aromatic rings. The zero-order valence-electron chi connectivity index (χ0n) is 11.1. The lowest BCUT2D eigenvalue weighted by Crippen LogP contribution is -2.33. The van der Waals surface area contributed by atoms with Crippen LogP contribution in [0, 0.1) is 0 Å². The second-order valence-corrected chi connectivity index (χ2v) is 7.50. The minimum atomic E-state index is -2.94. The number of rotatable bonds is 3. The van der Waals surface area contributed by atoms with Gasteiger partial charge in [-0.25, -0.2) is 0 Å². The molecule has 0 spiro atoms. The van der Waals surface area contributed by atoms with Crippen LogP contribution >= 0.6 is 7.14 Å². The van der Waals surface area contributed by atoms with E-state index in [1.807, 2.05) is 60.7 Å². The van der Waals surface area contributed by atoms with E-state index >= 15 is 0 Å². The SMILES string of the molecule is O=P(c1ccccc1)(c1ccccc1)C1OCCCO1. The molecule has 1 fully saturated rings. The van der Waals surface area contributed by atoms with Gasteiger partial charge < -0.3 is 14.0 Å². The van der Waals surface area contributed by atoms with E-state index in [-0.39, 0.29) is 0 Å². The lowest BCUT2D eigenvalue weighted by Gasteiger charge is -2.31. The number of hydrogen-bond acceptors (Lipinski definition) is 3. The summed E-state index contributed by atoms with van der Waals surface area (Å²) in [5, 5.41) is 1.55. The van der Waals surface area contributed by atoms with Crippen LogP contribution in [0.15, 0.2) is 60.7 Å². The van der Waals surface area contributed by atoms with Crippen molar-refractivity contribution in [2.75, 3.05) is 13.2 Å². The molecule has 0 radical (unpaired) electrons. The van der Waals surface area contributed by atoms with Crippen molar-refractivity contribution in [1.82, 2.24) is 0 Å². The summed E-state index contributed by atoms with van der Waals surface area (Å²) in [7, 11) is -2.94. The average Bonchev–Trinajstić information content (AvgIpc) is 2.56. The van der Waals surface area contributed by atoms with Crippen LogP contribution < -0.4 is 10.6 Å². The van der Waals surface area contributed by atoms with Crippen LogP contribution in [0.2, 0.25) is 0 Å². The highest BCUT2D eigenvalue weighted by atomic mass is 31.2. The highest BCUT2D eigenvalue weighted by Gasteiger charge is 2.39. The summed E-state index contributed by atoms with van der Waals surface area (Å²) < 4.78 is 25.1. The number of benzene rings is 2. The van der Waals surface area contributed by atoms with Crippen molar-refractivity contribution in [2.24, 2.45) is 0 Å². The van der Waals surface area contributed by atoms with Crippen LogP contribution in [0.4, 0.5) is 0 Å². The molecule has 4 heteroatoms. The molecule has 1 aliphatic heterocycles. The van der Waals surface area contributed by atoms with Gasteiger partial charge in [0.15, 0.2) is 7.14 Å². The summed E-state index contributed by atoms with van der Waals surface area (Å²) in [5.74, 6) is 0. The smallest absolute Gasteiger partial charge is 0.219 e. The molecule has 1 saturated heterocycles. The highest BCUT2D eigenvalue weighted by Crippen LogP contribution is 2.50. The Kier molecular flexibility index (Phi) is 4.02. The maximum Gasteiger partial charge on any atom is 0.219 e. The van der Waals surface area contributed by atoms with Gasteiger partial charge in [-0.15, -0.1) is 0 Å². The second-order valence-electron chi connectivity index (χ2n) is 4.73. The topological polar surface area (TPSA) is 35.5 Å². The molecule has 0 amide bonds. The molecular weight excluding hydrogens is 271 g/mol. The van der Waals surface area contributed by atoms with Crippen molar-refractivity contribution in [3.05, 3.63) is 60.7 Å².